The van der Waals surface area contributed by atoms with E-state index < -0.39 is 5.91 Å². The van der Waals surface area contributed by atoms with Crippen LogP contribution in [-0.2, 0) is 11.2 Å². The van der Waals surface area contributed by atoms with Crippen LogP contribution in [0.1, 0.15) is 39.6 Å². The number of nitrogens with zero attached hydrogens (tertiary/aromatic N) is 1. The molecule has 0 unspecified atom stereocenters. The van der Waals surface area contributed by atoms with Crippen LogP contribution in [0.25, 0.3) is 0 Å². The van der Waals surface area contributed by atoms with Crippen molar-refractivity contribution in [2.24, 2.45) is 5.73 Å². The van der Waals surface area contributed by atoms with Crippen LogP contribution in [0.5, 0.6) is 0 Å². The van der Waals surface area contributed by atoms with Crippen LogP contribution in [0.15, 0.2) is 42.5 Å². The Labute approximate surface area is 145 Å². The Bertz CT molecular complexity index is 861. The van der Waals surface area contributed by atoms with Crippen LogP contribution in [0.2, 0.25) is 0 Å². The standard InChI is InChI=1S/C19H19N3O3/c1-12(23)22-9-3-6-13-11-16(7-8-17(13)22)21-19(25)15-5-2-4-14(10-15)18(20)24/h2,4-5,7-8,10-11H,3,6,9H2,1H3,(H2,20,24)(H,21,25). The zero-order valence-electron chi connectivity index (χ0n) is 13.9. The first kappa shape index (κ1) is 16.7. The minimum atomic E-state index is -0.576. The normalized spacial score (nSPS) is 13.1. The Hall–Kier alpha value is -3.15. The molecule has 1 aliphatic rings. The summed E-state index contributed by atoms with van der Waals surface area (Å²) < 4.78 is 0. The molecular weight excluding hydrogens is 318 g/mol. The summed E-state index contributed by atoms with van der Waals surface area (Å²) in [6.07, 6.45) is 1.75. The topological polar surface area (TPSA) is 92.5 Å². The summed E-state index contributed by atoms with van der Waals surface area (Å²) in [7, 11) is 0. The van der Waals surface area contributed by atoms with Gasteiger partial charge in [-0.1, -0.05) is 6.07 Å². The summed E-state index contributed by atoms with van der Waals surface area (Å²) in [5.74, 6) is -0.879. The number of rotatable bonds is 3. The van der Waals surface area contributed by atoms with Crippen molar-refractivity contribution in [3.05, 3.63) is 59.2 Å². The van der Waals surface area contributed by atoms with Crippen molar-refractivity contribution in [2.75, 3.05) is 16.8 Å². The Kier molecular flexibility index (Phi) is 4.52. The number of amides is 3. The van der Waals surface area contributed by atoms with Crippen molar-refractivity contribution < 1.29 is 14.4 Å². The SMILES string of the molecule is CC(=O)N1CCCc2cc(NC(=O)c3cccc(C(N)=O)c3)ccc21. The molecular formula is C19H19N3O3. The van der Waals surface area contributed by atoms with E-state index in [0.717, 1.165) is 24.1 Å². The van der Waals surface area contributed by atoms with Gasteiger partial charge in [0, 0.05) is 36.0 Å². The first-order valence-corrected chi connectivity index (χ1v) is 8.08. The molecule has 2 aromatic carbocycles. The molecule has 0 saturated heterocycles. The number of benzene rings is 2. The number of carbonyl (C=O) groups excluding carboxylic acids is 3. The quantitative estimate of drug-likeness (QED) is 0.900. The van der Waals surface area contributed by atoms with E-state index in [1.165, 1.54) is 6.07 Å². The van der Waals surface area contributed by atoms with Crippen LogP contribution < -0.4 is 16.0 Å². The minimum Gasteiger partial charge on any atom is -0.366 e. The van der Waals surface area contributed by atoms with Crippen molar-refractivity contribution in [3.63, 3.8) is 0 Å². The van der Waals surface area contributed by atoms with Gasteiger partial charge >= 0.3 is 0 Å². The molecule has 0 radical (unpaired) electrons. The maximum atomic E-state index is 12.4. The molecule has 0 fully saturated rings. The van der Waals surface area contributed by atoms with E-state index >= 15 is 0 Å². The molecule has 0 aromatic heterocycles. The van der Waals surface area contributed by atoms with Gasteiger partial charge in [-0.05, 0) is 54.8 Å². The summed E-state index contributed by atoms with van der Waals surface area (Å²) in [6.45, 7) is 2.27. The van der Waals surface area contributed by atoms with Crippen LogP contribution in [-0.4, -0.2) is 24.3 Å². The average Bonchev–Trinajstić information content (AvgIpc) is 2.61. The lowest BCUT2D eigenvalue weighted by Crippen LogP contribution is -2.33. The molecule has 1 heterocycles. The third-order valence-corrected chi connectivity index (χ3v) is 4.25. The zero-order chi connectivity index (χ0) is 18.0. The van der Waals surface area contributed by atoms with Gasteiger partial charge in [0.15, 0.2) is 0 Å². The maximum Gasteiger partial charge on any atom is 0.255 e. The van der Waals surface area contributed by atoms with Crippen LogP contribution in [0.4, 0.5) is 11.4 Å². The van der Waals surface area contributed by atoms with Crippen molar-refractivity contribution in [1.82, 2.24) is 0 Å². The van der Waals surface area contributed by atoms with Gasteiger partial charge in [0.2, 0.25) is 11.8 Å². The summed E-state index contributed by atoms with van der Waals surface area (Å²) in [5.41, 5.74) is 8.47. The smallest absolute Gasteiger partial charge is 0.255 e. The van der Waals surface area contributed by atoms with Crippen molar-refractivity contribution in [2.45, 2.75) is 19.8 Å². The molecule has 3 amide bonds. The predicted octanol–water partition coefficient (Wildman–Crippen LogP) is 2.34. The molecule has 0 bridgehead atoms. The van der Waals surface area contributed by atoms with Gasteiger partial charge in [0.05, 0.1) is 0 Å². The summed E-state index contributed by atoms with van der Waals surface area (Å²) in [5, 5.41) is 2.82. The van der Waals surface area contributed by atoms with Crippen LogP contribution in [0.3, 0.4) is 0 Å². The van der Waals surface area contributed by atoms with Crippen LogP contribution in [0, 0.1) is 0 Å². The first-order valence-electron chi connectivity index (χ1n) is 8.08. The van der Waals surface area contributed by atoms with Gasteiger partial charge in [-0.3, -0.25) is 14.4 Å². The van der Waals surface area contributed by atoms with Crippen molar-refractivity contribution >= 4 is 29.1 Å². The number of nitrogens with two attached hydrogens (primary N) is 1. The van der Waals surface area contributed by atoms with E-state index in [9.17, 15) is 14.4 Å². The Morgan fingerprint density at radius 3 is 2.56 bits per heavy atom. The summed E-state index contributed by atoms with van der Waals surface area (Å²) in [4.78, 5) is 37.1. The van der Waals surface area contributed by atoms with Gasteiger partial charge in [0.1, 0.15) is 0 Å². The molecule has 6 nitrogen and oxygen atoms in total. The van der Waals surface area contributed by atoms with E-state index in [-0.39, 0.29) is 17.4 Å². The van der Waals surface area contributed by atoms with Gasteiger partial charge in [-0.25, -0.2) is 0 Å². The van der Waals surface area contributed by atoms with E-state index in [0.29, 0.717) is 17.8 Å². The molecule has 3 rings (SSSR count). The molecule has 6 heteroatoms. The third-order valence-electron chi connectivity index (χ3n) is 4.25. The molecule has 2 aromatic rings. The van der Waals surface area contributed by atoms with Crippen molar-refractivity contribution in [1.29, 1.82) is 0 Å². The zero-order valence-corrected chi connectivity index (χ0v) is 13.9. The number of hydrogen-bond donors (Lipinski definition) is 2. The fourth-order valence-corrected chi connectivity index (χ4v) is 3.02. The molecule has 128 valence electrons. The minimum absolute atomic E-state index is 0.0148. The molecule has 3 N–H and O–H groups in total. The highest BCUT2D eigenvalue weighted by atomic mass is 16.2. The lowest BCUT2D eigenvalue weighted by molar-refractivity contribution is -0.116. The molecule has 25 heavy (non-hydrogen) atoms. The van der Waals surface area contributed by atoms with Gasteiger partial charge in [-0.15, -0.1) is 0 Å². The van der Waals surface area contributed by atoms with Gasteiger partial charge in [-0.2, -0.15) is 0 Å². The second kappa shape index (κ2) is 6.76. The highest BCUT2D eigenvalue weighted by Crippen LogP contribution is 2.30. The molecule has 0 saturated carbocycles. The monoisotopic (exact) mass is 337 g/mol. The summed E-state index contributed by atoms with van der Waals surface area (Å²) >= 11 is 0. The maximum absolute atomic E-state index is 12.4. The lowest BCUT2D eigenvalue weighted by Gasteiger charge is -2.29. The molecule has 0 atom stereocenters. The second-order valence-electron chi connectivity index (χ2n) is 6.02. The largest absolute Gasteiger partial charge is 0.366 e. The van der Waals surface area contributed by atoms with E-state index in [1.54, 1.807) is 36.1 Å². The predicted molar refractivity (Wildman–Crippen MR) is 95.7 cm³/mol. The number of anilines is 2. The number of nitrogens with one attached hydrogen (secondary N) is 1. The van der Waals surface area contributed by atoms with E-state index in [1.807, 2.05) is 12.1 Å². The molecule has 0 spiro atoms. The average molecular weight is 337 g/mol. The summed E-state index contributed by atoms with van der Waals surface area (Å²) in [6, 6.07) is 11.8. The van der Waals surface area contributed by atoms with E-state index in [4.69, 9.17) is 5.73 Å². The Morgan fingerprint density at radius 2 is 1.84 bits per heavy atom. The second-order valence-corrected chi connectivity index (χ2v) is 6.02. The molecule has 1 aliphatic heterocycles. The number of carbonyl (C=O) groups is 3. The fourth-order valence-electron chi connectivity index (χ4n) is 3.02. The number of aryl methyl sites for hydroxylation is 1. The lowest BCUT2D eigenvalue weighted by atomic mass is 10.0. The fraction of sp³-hybridized carbons (Fsp3) is 0.211. The first-order chi connectivity index (χ1) is 12.0. The highest BCUT2D eigenvalue weighted by Gasteiger charge is 2.20. The van der Waals surface area contributed by atoms with Crippen LogP contribution >= 0.6 is 0 Å². The Balaban J connectivity index is 1.82. The third kappa shape index (κ3) is 3.52. The van der Waals surface area contributed by atoms with E-state index in [2.05, 4.69) is 5.32 Å². The van der Waals surface area contributed by atoms with Gasteiger partial charge in [0.25, 0.3) is 5.91 Å². The number of fused-ring (bicyclic) bond motifs is 1. The number of hydrogen-bond acceptors (Lipinski definition) is 3. The molecule has 0 aliphatic carbocycles. The highest BCUT2D eigenvalue weighted by molar-refractivity contribution is 6.06. The Morgan fingerprint density at radius 1 is 1.08 bits per heavy atom. The number of primary amides is 1. The van der Waals surface area contributed by atoms with Crippen molar-refractivity contribution in [3.8, 4) is 0 Å². The van der Waals surface area contributed by atoms with Gasteiger partial charge < -0.3 is 16.0 Å².